The highest BCUT2D eigenvalue weighted by Crippen LogP contribution is 2.22. The number of hydrogen-bond donors (Lipinski definition) is 1. The summed E-state index contributed by atoms with van der Waals surface area (Å²) in [7, 11) is -1.88. The summed E-state index contributed by atoms with van der Waals surface area (Å²) in [5.41, 5.74) is 1.75. The fourth-order valence-electron chi connectivity index (χ4n) is 4.98. The maximum atomic E-state index is 13.4. The van der Waals surface area contributed by atoms with Crippen LogP contribution in [-0.4, -0.2) is 74.9 Å². The molecule has 2 aliphatic rings. The highest BCUT2D eigenvalue weighted by Gasteiger charge is 2.28. The van der Waals surface area contributed by atoms with Crippen LogP contribution in [0.2, 0.25) is 0 Å². The molecule has 9 nitrogen and oxygen atoms in total. The molecule has 212 valence electrons. The third-order valence-electron chi connectivity index (χ3n) is 7.46. The van der Waals surface area contributed by atoms with Gasteiger partial charge in [-0.05, 0) is 74.4 Å². The molecule has 0 aliphatic carbocycles. The molecule has 10 heteroatoms. The molecule has 2 atom stereocenters. The van der Waals surface area contributed by atoms with Gasteiger partial charge >= 0.3 is 0 Å². The molecule has 2 aromatic rings. The Balaban J connectivity index is 1.41. The van der Waals surface area contributed by atoms with Gasteiger partial charge in [0.1, 0.15) is 11.8 Å². The van der Waals surface area contributed by atoms with E-state index in [1.165, 1.54) is 4.31 Å². The van der Waals surface area contributed by atoms with Crippen LogP contribution < -0.4 is 10.1 Å². The van der Waals surface area contributed by atoms with E-state index in [1.807, 2.05) is 24.3 Å². The molecular formula is C29H39N3O6S. The molecule has 0 unspecified atom stereocenters. The molecular weight excluding hydrogens is 518 g/mol. The summed E-state index contributed by atoms with van der Waals surface area (Å²) in [4.78, 5) is 28.3. The molecule has 2 saturated heterocycles. The molecule has 0 radical (unpaired) electrons. The molecule has 0 saturated carbocycles. The standard InChI is InChI=1S/C29H39N3O6S/c1-22(29(34)30-20-26-6-5-19-38-26)32(21-24-7-12-25(37-2)13-8-24)28(33)16-11-23-9-14-27(15-10-23)39(35,36)31-17-3-4-18-31/h7-10,12-15,22,26H,3-6,11,16-21H2,1-2H3,(H,30,34)/t22-,26+/m1/s1. The van der Waals surface area contributed by atoms with Gasteiger partial charge in [0, 0.05) is 39.2 Å². The largest absolute Gasteiger partial charge is 0.497 e. The Hall–Kier alpha value is -2.95. The van der Waals surface area contributed by atoms with E-state index < -0.39 is 16.1 Å². The van der Waals surface area contributed by atoms with E-state index in [0.29, 0.717) is 38.4 Å². The summed E-state index contributed by atoms with van der Waals surface area (Å²) in [6.45, 7) is 4.28. The Bertz CT molecular complexity index is 1200. The van der Waals surface area contributed by atoms with Crippen molar-refractivity contribution in [3.8, 4) is 5.75 Å². The number of hydrogen-bond acceptors (Lipinski definition) is 6. The lowest BCUT2D eigenvalue weighted by atomic mass is 10.1. The van der Waals surface area contributed by atoms with Crippen LogP contribution >= 0.6 is 0 Å². The number of carbonyl (C=O) groups is 2. The van der Waals surface area contributed by atoms with Crippen molar-refractivity contribution in [3.63, 3.8) is 0 Å². The lowest BCUT2D eigenvalue weighted by molar-refractivity contribution is -0.140. The van der Waals surface area contributed by atoms with Crippen LogP contribution in [0.3, 0.4) is 0 Å². The van der Waals surface area contributed by atoms with Crippen molar-refractivity contribution in [3.05, 3.63) is 59.7 Å². The second kappa shape index (κ2) is 13.4. The minimum absolute atomic E-state index is 0.0177. The van der Waals surface area contributed by atoms with Crippen LogP contribution in [0.25, 0.3) is 0 Å². The molecule has 0 bridgehead atoms. The van der Waals surface area contributed by atoms with Gasteiger partial charge in [0.05, 0.1) is 18.1 Å². The molecule has 2 fully saturated rings. The van der Waals surface area contributed by atoms with Gasteiger partial charge in [0.15, 0.2) is 0 Å². The summed E-state index contributed by atoms with van der Waals surface area (Å²) in [6, 6.07) is 13.5. The number of amides is 2. The van der Waals surface area contributed by atoms with Crippen molar-refractivity contribution in [2.75, 3.05) is 33.4 Å². The van der Waals surface area contributed by atoms with Crippen molar-refractivity contribution in [1.82, 2.24) is 14.5 Å². The number of aryl methyl sites for hydroxylation is 1. The average Bonchev–Trinajstić information content (AvgIpc) is 3.69. The summed E-state index contributed by atoms with van der Waals surface area (Å²) >= 11 is 0. The van der Waals surface area contributed by atoms with Gasteiger partial charge in [-0.25, -0.2) is 8.42 Å². The monoisotopic (exact) mass is 557 g/mol. The number of carbonyl (C=O) groups excluding carboxylic acids is 2. The summed E-state index contributed by atoms with van der Waals surface area (Å²) < 4.78 is 38.0. The molecule has 0 aromatic heterocycles. The summed E-state index contributed by atoms with van der Waals surface area (Å²) in [5.74, 6) is 0.345. The average molecular weight is 558 g/mol. The van der Waals surface area contributed by atoms with Crippen molar-refractivity contribution in [2.45, 2.75) is 69.0 Å². The number of rotatable bonds is 12. The van der Waals surface area contributed by atoms with Crippen molar-refractivity contribution in [2.24, 2.45) is 0 Å². The first kappa shape index (κ1) is 29.0. The highest BCUT2D eigenvalue weighted by molar-refractivity contribution is 7.89. The predicted molar refractivity (Wildman–Crippen MR) is 148 cm³/mol. The number of nitrogens with one attached hydrogen (secondary N) is 1. The van der Waals surface area contributed by atoms with Gasteiger partial charge in [0.2, 0.25) is 21.8 Å². The van der Waals surface area contributed by atoms with Gasteiger partial charge < -0.3 is 19.7 Å². The van der Waals surface area contributed by atoms with E-state index in [0.717, 1.165) is 36.8 Å². The smallest absolute Gasteiger partial charge is 0.243 e. The Kier molecular flexibility index (Phi) is 9.99. The molecule has 2 heterocycles. The quantitative estimate of drug-likeness (QED) is 0.430. The number of nitrogens with zero attached hydrogens (tertiary/aromatic N) is 2. The Labute approximate surface area is 231 Å². The summed E-state index contributed by atoms with van der Waals surface area (Å²) in [5, 5.41) is 2.94. The van der Waals surface area contributed by atoms with Crippen LogP contribution in [0, 0.1) is 0 Å². The molecule has 2 amide bonds. The van der Waals surface area contributed by atoms with Gasteiger partial charge in [-0.3, -0.25) is 9.59 Å². The first-order chi connectivity index (χ1) is 18.8. The Morgan fingerprint density at radius 2 is 1.72 bits per heavy atom. The zero-order valence-corrected chi connectivity index (χ0v) is 23.6. The second-order valence-electron chi connectivity index (χ2n) is 10.2. The van der Waals surface area contributed by atoms with E-state index in [2.05, 4.69) is 5.32 Å². The maximum absolute atomic E-state index is 13.4. The Morgan fingerprint density at radius 1 is 1.05 bits per heavy atom. The van der Waals surface area contributed by atoms with Crippen LogP contribution in [-0.2, 0) is 37.3 Å². The summed E-state index contributed by atoms with van der Waals surface area (Å²) in [6.07, 6.45) is 4.33. The SMILES string of the molecule is COc1ccc(CN(C(=O)CCc2ccc(S(=O)(=O)N3CCCC3)cc2)[C@H](C)C(=O)NC[C@@H]2CCCO2)cc1. The van der Waals surface area contributed by atoms with Crippen molar-refractivity contribution >= 4 is 21.8 Å². The fraction of sp³-hybridized carbons (Fsp3) is 0.517. The second-order valence-corrected chi connectivity index (χ2v) is 12.1. The molecule has 4 rings (SSSR count). The van der Waals surface area contributed by atoms with Crippen LogP contribution in [0.4, 0.5) is 0 Å². The number of methoxy groups -OCH3 is 1. The van der Waals surface area contributed by atoms with Crippen LogP contribution in [0.15, 0.2) is 53.4 Å². The van der Waals surface area contributed by atoms with Crippen molar-refractivity contribution < 1.29 is 27.5 Å². The maximum Gasteiger partial charge on any atom is 0.243 e. The molecule has 1 N–H and O–H groups in total. The lowest BCUT2D eigenvalue weighted by Gasteiger charge is -2.29. The molecule has 0 spiro atoms. The first-order valence-corrected chi connectivity index (χ1v) is 15.1. The minimum atomic E-state index is -3.48. The predicted octanol–water partition coefficient (Wildman–Crippen LogP) is 3.12. The Morgan fingerprint density at radius 3 is 2.33 bits per heavy atom. The number of ether oxygens (including phenoxy) is 2. The van der Waals surface area contributed by atoms with E-state index >= 15 is 0 Å². The third kappa shape index (κ3) is 7.58. The van der Waals surface area contributed by atoms with E-state index in [-0.39, 0.29) is 35.8 Å². The number of benzene rings is 2. The van der Waals surface area contributed by atoms with Crippen molar-refractivity contribution in [1.29, 1.82) is 0 Å². The highest BCUT2D eigenvalue weighted by atomic mass is 32.2. The molecule has 2 aromatic carbocycles. The zero-order valence-electron chi connectivity index (χ0n) is 22.8. The van der Waals surface area contributed by atoms with Gasteiger partial charge in [-0.2, -0.15) is 4.31 Å². The lowest BCUT2D eigenvalue weighted by Crippen LogP contribution is -2.49. The fourth-order valence-corrected chi connectivity index (χ4v) is 6.50. The zero-order chi connectivity index (χ0) is 27.8. The van der Waals surface area contributed by atoms with Gasteiger partial charge in [-0.15, -0.1) is 0 Å². The van der Waals surface area contributed by atoms with E-state index in [4.69, 9.17) is 9.47 Å². The van der Waals surface area contributed by atoms with Crippen LogP contribution in [0.1, 0.15) is 50.2 Å². The number of sulfonamides is 1. The molecule has 39 heavy (non-hydrogen) atoms. The first-order valence-electron chi connectivity index (χ1n) is 13.7. The van der Waals surface area contributed by atoms with Gasteiger partial charge in [-0.1, -0.05) is 24.3 Å². The normalized spacial score (nSPS) is 18.6. The van der Waals surface area contributed by atoms with E-state index in [1.54, 1.807) is 43.2 Å². The van der Waals surface area contributed by atoms with Gasteiger partial charge in [0.25, 0.3) is 0 Å². The topological polar surface area (TPSA) is 105 Å². The van der Waals surface area contributed by atoms with Crippen LogP contribution in [0.5, 0.6) is 5.75 Å². The third-order valence-corrected chi connectivity index (χ3v) is 9.37. The molecule has 2 aliphatic heterocycles. The van der Waals surface area contributed by atoms with E-state index in [9.17, 15) is 18.0 Å². The minimum Gasteiger partial charge on any atom is -0.497 e.